The molecule has 0 radical (unpaired) electrons. The average Bonchev–Trinajstić information content (AvgIpc) is 3.15. The summed E-state index contributed by atoms with van der Waals surface area (Å²) in [6, 6.07) is -0.976. The number of unbranched alkanes of at least 4 members (excludes halogenated alkanes) is 34. The summed E-state index contributed by atoms with van der Waals surface area (Å²) in [6.45, 7) is 3.96. The molecule has 0 aliphatic carbocycles. The van der Waals surface area contributed by atoms with Crippen LogP contribution in [0.2, 0.25) is 0 Å². The van der Waals surface area contributed by atoms with Gasteiger partial charge in [-0.15, -0.1) is 0 Å². The third-order valence-electron chi connectivity index (χ3n) is 11.3. The number of carbonyl (C=O) groups is 1. The van der Waals surface area contributed by atoms with E-state index in [-0.39, 0.29) is 0 Å². The molecule has 0 spiro atoms. The lowest BCUT2D eigenvalue weighted by Gasteiger charge is -2.27. The van der Waals surface area contributed by atoms with Crippen molar-refractivity contribution in [2.24, 2.45) is 0 Å². The molecule has 0 aromatic heterocycles. The highest BCUT2D eigenvalue weighted by atomic mass is 16.3. The summed E-state index contributed by atoms with van der Waals surface area (Å²) < 4.78 is 0. The maximum absolute atomic E-state index is 12.4. The van der Waals surface area contributed by atoms with Crippen molar-refractivity contribution in [1.82, 2.24) is 5.32 Å². The fourth-order valence-corrected chi connectivity index (χ4v) is 7.58. The summed E-state index contributed by atoms with van der Waals surface area (Å²) in [5.74, 6) is -0.584. The van der Waals surface area contributed by atoms with E-state index in [1.54, 1.807) is 0 Å². The first-order valence-electron chi connectivity index (χ1n) is 23.4. The van der Waals surface area contributed by atoms with Crippen molar-refractivity contribution in [1.29, 1.82) is 0 Å². The molecule has 5 N–H and O–H groups in total. The summed E-state index contributed by atoms with van der Waals surface area (Å²) in [4.78, 5) is 12.4. The fourth-order valence-electron chi connectivity index (χ4n) is 7.58. The second kappa shape index (κ2) is 41.5. The van der Waals surface area contributed by atoms with Crippen LogP contribution in [0, 0.1) is 0 Å². The van der Waals surface area contributed by atoms with Crippen molar-refractivity contribution in [2.45, 2.75) is 282 Å². The lowest BCUT2D eigenvalue weighted by molar-refractivity contribution is -0.132. The zero-order chi connectivity index (χ0) is 38.2. The fraction of sp³-hybridized carbons (Fsp3) is 0.978. The van der Waals surface area contributed by atoms with Crippen LogP contribution >= 0.6 is 0 Å². The Morgan fingerprint density at radius 1 is 0.404 bits per heavy atom. The maximum atomic E-state index is 12.4. The van der Waals surface area contributed by atoms with Gasteiger partial charge in [-0.05, 0) is 12.8 Å². The van der Waals surface area contributed by atoms with E-state index in [0.717, 1.165) is 51.4 Å². The summed E-state index contributed by atoms with van der Waals surface area (Å²) in [5.41, 5.74) is 0. The number of carbonyl (C=O) groups excluding carboxylic acids is 1. The standard InChI is InChI=1S/C46H93NO5/c1-3-5-7-9-10-11-12-13-14-15-16-17-18-19-20-21-22-23-24-25-26-27-28-29-30-31-32-33-34-36-38-40-44(50)46(52)47-42(41-48)45(51)43(49)39-37-35-8-6-4-2/h42-45,48-51H,3-41H2,1-2H3,(H,47,52). The van der Waals surface area contributed by atoms with Crippen LogP contribution < -0.4 is 5.32 Å². The van der Waals surface area contributed by atoms with E-state index in [2.05, 4.69) is 19.2 Å². The molecule has 0 aliphatic heterocycles. The van der Waals surface area contributed by atoms with E-state index < -0.39 is 36.9 Å². The molecule has 0 fully saturated rings. The number of aliphatic hydroxyl groups is 4. The predicted octanol–water partition coefficient (Wildman–Crippen LogP) is 12.4. The molecule has 6 heteroatoms. The van der Waals surface area contributed by atoms with E-state index in [9.17, 15) is 25.2 Å². The molecule has 0 rings (SSSR count). The molecule has 0 saturated carbocycles. The van der Waals surface area contributed by atoms with Crippen LogP contribution in [0.4, 0.5) is 0 Å². The molecule has 4 atom stereocenters. The number of hydrogen-bond donors (Lipinski definition) is 5. The Balaban J connectivity index is 3.43. The molecular weight excluding hydrogens is 647 g/mol. The van der Waals surface area contributed by atoms with Crippen LogP contribution in [0.5, 0.6) is 0 Å². The van der Waals surface area contributed by atoms with Gasteiger partial charge in [-0.2, -0.15) is 0 Å². The molecule has 0 heterocycles. The number of hydrogen-bond acceptors (Lipinski definition) is 5. The Morgan fingerprint density at radius 3 is 0.923 bits per heavy atom. The Labute approximate surface area is 324 Å². The lowest BCUT2D eigenvalue weighted by atomic mass is 9.99. The van der Waals surface area contributed by atoms with E-state index in [4.69, 9.17) is 0 Å². The second-order valence-electron chi connectivity index (χ2n) is 16.5. The quantitative estimate of drug-likeness (QED) is 0.0400. The summed E-state index contributed by atoms with van der Waals surface area (Å²) in [7, 11) is 0. The molecule has 6 nitrogen and oxygen atoms in total. The topological polar surface area (TPSA) is 110 Å². The normalized spacial score (nSPS) is 14.0. The summed E-state index contributed by atoms with van der Waals surface area (Å²) in [5, 5.41) is 43.1. The minimum Gasteiger partial charge on any atom is -0.394 e. The third-order valence-corrected chi connectivity index (χ3v) is 11.3. The highest BCUT2D eigenvalue weighted by Crippen LogP contribution is 2.18. The molecule has 0 aromatic rings. The smallest absolute Gasteiger partial charge is 0.249 e. The molecule has 0 aliphatic rings. The molecule has 312 valence electrons. The first kappa shape index (κ1) is 51.3. The van der Waals surface area contributed by atoms with Gasteiger partial charge in [0.1, 0.15) is 12.2 Å². The highest BCUT2D eigenvalue weighted by molar-refractivity contribution is 5.80. The van der Waals surface area contributed by atoms with Gasteiger partial charge in [0.05, 0.1) is 18.8 Å². The van der Waals surface area contributed by atoms with Gasteiger partial charge in [-0.25, -0.2) is 0 Å². The number of aliphatic hydroxyl groups excluding tert-OH is 4. The van der Waals surface area contributed by atoms with Crippen molar-refractivity contribution < 1.29 is 25.2 Å². The first-order valence-corrected chi connectivity index (χ1v) is 23.4. The third kappa shape index (κ3) is 35.0. The van der Waals surface area contributed by atoms with Crippen molar-refractivity contribution in [2.75, 3.05) is 6.61 Å². The van der Waals surface area contributed by atoms with Crippen LogP contribution in [0.3, 0.4) is 0 Å². The molecule has 0 saturated heterocycles. The highest BCUT2D eigenvalue weighted by Gasteiger charge is 2.28. The van der Waals surface area contributed by atoms with Crippen molar-refractivity contribution in [3.8, 4) is 0 Å². The largest absolute Gasteiger partial charge is 0.394 e. The Morgan fingerprint density at radius 2 is 0.654 bits per heavy atom. The molecule has 52 heavy (non-hydrogen) atoms. The maximum Gasteiger partial charge on any atom is 0.249 e. The van der Waals surface area contributed by atoms with Gasteiger partial charge in [0.25, 0.3) is 0 Å². The van der Waals surface area contributed by atoms with Crippen molar-refractivity contribution in [3.63, 3.8) is 0 Å². The second-order valence-corrected chi connectivity index (χ2v) is 16.5. The minimum absolute atomic E-state index is 0.375. The van der Waals surface area contributed by atoms with E-state index in [1.807, 2.05) is 0 Å². The zero-order valence-corrected chi connectivity index (χ0v) is 35.1. The van der Waals surface area contributed by atoms with Gasteiger partial charge in [-0.3, -0.25) is 4.79 Å². The molecule has 0 aromatic carbocycles. The molecule has 4 unspecified atom stereocenters. The van der Waals surface area contributed by atoms with Crippen LogP contribution in [0.1, 0.15) is 258 Å². The SMILES string of the molecule is CCCCCCCCCCCCCCCCCCCCCCCCCCCCCCCCCC(O)C(=O)NC(CO)C(O)C(O)CCCCCCC. The first-order chi connectivity index (χ1) is 25.5. The molecule has 0 bridgehead atoms. The molecular formula is C46H93NO5. The predicted molar refractivity (Wildman–Crippen MR) is 224 cm³/mol. The van der Waals surface area contributed by atoms with Gasteiger partial charge in [0.2, 0.25) is 5.91 Å². The number of amides is 1. The Kier molecular flexibility index (Phi) is 40.9. The number of rotatable bonds is 43. The van der Waals surface area contributed by atoms with Crippen LogP contribution in [-0.4, -0.2) is 57.3 Å². The van der Waals surface area contributed by atoms with Gasteiger partial charge in [0.15, 0.2) is 0 Å². The van der Waals surface area contributed by atoms with Gasteiger partial charge < -0.3 is 25.7 Å². The van der Waals surface area contributed by atoms with Gasteiger partial charge in [-0.1, -0.05) is 245 Å². The number of nitrogens with one attached hydrogen (secondary N) is 1. The van der Waals surface area contributed by atoms with E-state index >= 15 is 0 Å². The van der Waals surface area contributed by atoms with Crippen LogP contribution in [0.25, 0.3) is 0 Å². The lowest BCUT2D eigenvalue weighted by Crippen LogP contribution is -2.53. The zero-order valence-electron chi connectivity index (χ0n) is 35.1. The van der Waals surface area contributed by atoms with Gasteiger partial charge >= 0.3 is 0 Å². The Hall–Kier alpha value is -0.690. The van der Waals surface area contributed by atoms with E-state index in [0.29, 0.717) is 12.8 Å². The van der Waals surface area contributed by atoms with Gasteiger partial charge in [0, 0.05) is 0 Å². The monoisotopic (exact) mass is 740 g/mol. The summed E-state index contributed by atoms with van der Waals surface area (Å²) >= 11 is 0. The van der Waals surface area contributed by atoms with Crippen LogP contribution in [0.15, 0.2) is 0 Å². The van der Waals surface area contributed by atoms with E-state index in [1.165, 1.54) is 180 Å². The minimum atomic E-state index is -1.25. The van der Waals surface area contributed by atoms with Crippen LogP contribution in [-0.2, 0) is 4.79 Å². The Bertz CT molecular complexity index is 706. The molecule has 1 amide bonds. The van der Waals surface area contributed by atoms with Crippen molar-refractivity contribution >= 4 is 5.91 Å². The summed E-state index contributed by atoms with van der Waals surface area (Å²) in [6.07, 6.45) is 45.1. The van der Waals surface area contributed by atoms with Crippen molar-refractivity contribution in [3.05, 3.63) is 0 Å². The average molecular weight is 740 g/mol.